The highest BCUT2D eigenvalue weighted by atomic mass is 32.1. The summed E-state index contributed by atoms with van der Waals surface area (Å²) < 4.78 is 1.06. The number of aliphatic hydroxyl groups is 1. The molecule has 4 N–H and O–H groups in total. The summed E-state index contributed by atoms with van der Waals surface area (Å²) >= 11 is 1.48. The van der Waals surface area contributed by atoms with Crippen molar-refractivity contribution < 1.29 is 5.11 Å². The predicted molar refractivity (Wildman–Crippen MR) is 133 cm³/mol. The second kappa shape index (κ2) is 10.9. The molecule has 0 amide bonds. The number of thiazole rings is 1. The van der Waals surface area contributed by atoms with Crippen molar-refractivity contribution in [3.05, 3.63) is 66.0 Å². The van der Waals surface area contributed by atoms with Gasteiger partial charge in [-0.25, -0.2) is 9.97 Å². The SMILES string of the molecule is N#Cc1cccc(-c2cncc(NCc3ccc4nc(N)sc4c3)n2)c1.OC1CCCCC1. The molecule has 0 atom stereocenters. The molecule has 2 heterocycles. The molecule has 1 aliphatic rings. The van der Waals surface area contributed by atoms with E-state index in [-0.39, 0.29) is 6.10 Å². The molecule has 0 spiro atoms. The number of nitrogens with zero attached hydrogens (tertiary/aromatic N) is 4. The number of hydrogen-bond acceptors (Lipinski definition) is 8. The van der Waals surface area contributed by atoms with Crippen LogP contribution in [0.5, 0.6) is 0 Å². The summed E-state index contributed by atoms with van der Waals surface area (Å²) in [5.41, 5.74) is 9.95. The highest BCUT2D eigenvalue weighted by Crippen LogP contribution is 2.25. The van der Waals surface area contributed by atoms with Crippen LogP contribution in [0.4, 0.5) is 10.9 Å². The van der Waals surface area contributed by atoms with Gasteiger partial charge in [-0.15, -0.1) is 0 Å². The molecule has 5 rings (SSSR count). The Labute approximate surface area is 197 Å². The summed E-state index contributed by atoms with van der Waals surface area (Å²) in [5.74, 6) is 0.675. The number of fused-ring (bicyclic) bond motifs is 1. The van der Waals surface area contributed by atoms with E-state index in [9.17, 15) is 0 Å². The number of anilines is 2. The number of nitriles is 1. The number of nitrogens with two attached hydrogens (primary N) is 1. The zero-order valence-corrected chi connectivity index (χ0v) is 19.1. The van der Waals surface area contributed by atoms with Gasteiger partial charge in [-0.05, 0) is 42.7 Å². The van der Waals surface area contributed by atoms with Crippen molar-refractivity contribution in [2.75, 3.05) is 11.1 Å². The molecule has 0 unspecified atom stereocenters. The lowest BCUT2D eigenvalue weighted by Gasteiger charge is -2.14. The van der Waals surface area contributed by atoms with Crippen LogP contribution in [0.25, 0.3) is 21.5 Å². The standard InChI is InChI=1S/C19H14N6S.C6H12O/c20-8-12-2-1-3-14(6-12)16-10-22-11-18(24-16)23-9-13-4-5-15-17(7-13)26-19(21)25-15;7-6-4-2-1-3-5-6/h1-7,10-11H,9H2,(H2,21,25)(H,23,24);6-7H,1-5H2. The summed E-state index contributed by atoms with van der Waals surface area (Å²) in [6, 6.07) is 15.5. The smallest absolute Gasteiger partial charge is 0.181 e. The van der Waals surface area contributed by atoms with E-state index < -0.39 is 0 Å². The van der Waals surface area contributed by atoms with Gasteiger partial charge in [-0.2, -0.15) is 5.26 Å². The van der Waals surface area contributed by atoms with Crippen LogP contribution >= 0.6 is 11.3 Å². The largest absolute Gasteiger partial charge is 0.393 e. The Balaban J connectivity index is 0.000000318. The molecule has 0 radical (unpaired) electrons. The zero-order chi connectivity index (χ0) is 23.0. The molecule has 2 aromatic carbocycles. The molecule has 0 aliphatic heterocycles. The van der Waals surface area contributed by atoms with Gasteiger partial charge < -0.3 is 16.2 Å². The number of nitrogens with one attached hydrogen (secondary N) is 1. The lowest BCUT2D eigenvalue weighted by atomic mass is 9.98. The molecule has 7 nitrogen and oxygen atoms in total. The van der Waals surface area contributed by atoms with Gasteiger partial charge in [0.2, 0.25) is 0 Å². The fraction of sp³-hybridized carbons (Fsp3) is 0.280. The maximum Gasteiger partial charge on any atom is 0.181 e. The van der Waals surface area contributed by atoms with E-state index in [1.165, 1.54) is 30.6 Å². The van der Waals surface area contributed by atoms with Crippen molar-refractivity contribution in [1.29, 1.82) is 5.26 Å². The first kappa shape index (κ1) is 22.6. The highest BCUT2D eigenvalue weighted by molar-refractivity contribution is 7.22. The monoisotopic (exact) mass is 458 g/mol. The van der Waals surface area contributed by atoms with Crippen molar-refractivity contribution in [3.63, 3.8) is 0 Å². The third-order valence-corrected chi connectivity index (χ3v) is 6.29. The molecule has 33 heavy (non-hydrogen) atoms. The molecule has 0 bridgehead atoms. The molecule has 8 heteroatoms. The van der Waals surface area contributed by atoms with Gasteiger partial charge in [0, 0.05) is 12.1 Å². The first-order valence-corrected chi connectivity index (χ1v) is 11.8. The summed E-state index contributed by atoms with van der Waals surface area (Å²) in [6.45, 7) is 0.615. The van der Waals surface area contributed by atoms with Crippen molar-refractivity contribution in [3.8, 4) is 17.3 Å². The summed E-state index contributed by atoms with van der Waals surface area (Å²) in [6.07, 6.45) is 9.29. The van der Waals surface area contributed by atoms with Crippen LogP contribution in [0.2, 0.25) is 0 Å². The van der Waals surface area contributed by atoms with Crippen molar-refractivity contribution >= 4 is 32.5 Å². The van der Waals surface area contributed by atoms with Crippen LogP contribution in [0.3, 0.4) is 0 Å². The summed E-state index contributed by atoms with van der Waals surface area (Å²) in [5, 5.41) is 21.8. The molecule has 1 saturated carbocycles. The fourth-order valence-corrected chi connectivity index (χ4v) is 4.51. The molecule has 4 aromatic rings. The number of nitrogen functional groups attached to an aromatic ring is 1. The van der Waals surface area contributed by atoms with Crippen LogP contribution < -0.4 is 11.1 Å². The van der Waals surface area contributed by atoms with E-state index in [2.05, 4.69) is 32.4 Å². The maximum atomic E-state index is 9.04. The van der Waals surface area contributed by atoms with E-state index in [1.807, 2.05) is 24.3 Å². The Morgan fingerprint density at radius 2 is 1.94 bits per heavy atom. The third kappa shape index (κ3) is 6.25. The Morgan fingerprint density at radius 3 is 2.70 bits per heavy atom. The molecule has 1 aliphatic carbocycles. The highest BCUT2D eigenvalue weighted by Gasteiger charge is 2.08. The van der Waals surface area contributed by atoms with Gasteiger partial charge >= 0.3 is 0 Å². The first-order chi connectivity index (χ1) is 16.1. The van der Waals surface area contributed by atoms with Crippen molar-refractivity contribution in [2.24, 2.45) is 0 Å². The normalized spacial score (nSPS) is 13.7. The van der Waals surface area contributed by atoms with Crippen LogP contribution in [-0.4, -0.2) is 26.2 Å². The van der Waals surface area contributed by atoms with Crippen molar-refractivity contribution in [1.82, 2.24) is 15.0 Å². The van der Waals surface area contributed by atoms with E-state index >= 15 is 0 Å². The Kier molecular flexibility index (Phi) is 7.45. The quantitative estimate of drug-likeness (QED) is 0.387. The van der Waals surface area contributed by atoms with Gasteiger partial charge in [0.15, 0.2) is 5.13 Å². The van der Waals surface area contributed by atoms with E-state index in [1.54, 1.807) is 24.5 Å². The number of rotatable bonds is 4. The molecule has 168 valence electrons. The molecule has 2 aromatic heterocycles. The van der Waals surface area contributed by atoms with Gasteiger partial charge in [-0.3, -0.25) is 4.98 Å². The lowest BCUT2D eigenvalue weighted by Crippen LogP contribution is -2.09. The average molecular weight is 459 g/mol. The number of benzene rings is 2. The number of aromatic nitrogens is 3. The second-order valence-corrected chi connectivity index (χ2v) is 9.04. The minimum Gasteiger partial charge on any atom is -0.393 e. The molecule has 1 fully saturated rings. The molecular weight excluding hydrogens is 432 g/mol. The van der Waals surface area contributed by atoms with Crippen LogP contribution in [-0.2, 0) is 6.54 Å². The number of hydrogen-bond donors (Lipinski definition) is 3. The minimum atomic E-state index is 0.0359. The van der Waals surface area contributed by atoms with E-state index in [4.69, 9.17) is 16.1 Å². The van der Waals surface area contributed by atoms with E-state index in [0.717, 1.165) is 39.9 Å². The van der Waals surface area contributed by atoms with Crippen LogP contribution in [0.1, 0.15) is 43.2 Å². The van der Waals surface area contributed by atoms with Gasteiger partial charge in [0.05, 0.1) is 46.0 Å². The third-order valence-electron chi connectivity index (χ3n) is 5.44. The van der Waals surface area contributed by atoms with Gasteiger partial charge in [0.25, 0.3) is 0 Å². The fourth-order valence-electron chi connectivity index (χ4n) is 3.71. The zero-order valence-electron chi connectivity index (χ0n) is 18.2. The second-order valence-electron chi connectivity index (χ2n) is 7.98. The predicted octanol–water partition coefficient (Wildman–Crippen LogP) is 5.13. The number of aliphatic hydroxyl groups excluding tert-OH is 1. The topological polar surface area (TPSA) is 121 Å². The first-order valence-electron chi connectivity index (χ1n) is 11.0. The van der Waals surface area contributed by atoms with Gasteiger partial charge in [-0.1, -0.05) is 48.8 Å². The maximum absolute atomic E-state index is 9.04. The van der Waals surface area contributed by atoms with E-state index in [0.29, 0.717) is 23.1 Å². The Morgan fingerprint density at radius 1 is 1.09 bits per heavy atom. The minimum absolute atomic E-state index is 0.0359. The van der Waals surface area contributed by atoms with Crippen molar-refractivity contribution in [2.45, 2.75) is 44.8 Å². The summed E-state index contributed by atoms with van der Waals surface area (Å²) in [7, 11) is 0. The molecule has 0 saturated heterocycles. The summed E-state index contributed by atoms with van der Waals surface area (Å²) in [4.78, 5) is 13.1. The van der Waals surface area contributed by atoms with Crippen LogP contribution in [0.15, 0.2) is 54.9 Å². The molecular formula is C25H26N6OS. The average Bonchev–Trinajstić information content (AvgIpc) is 3.23. The Bertz CT molecular complexity index is 1260. The lowest BCUT2D eigenvalue weighted by molar-refractivity contribution is 0.130. The van der Waals surface area contributed by atoms with Crippen LogP contribution in [0, 0.1) is 11.3 Å². The van der Waals surface area contributed by atoms with Gasteiger partial charge in [0.1, 0.15) is 5.82 Å². The Hall–Kier alpha value is -3.54.